The molecule has 0 aromatic carbocycles. The Labute approximate surface area is 72.1 Å². The average molecular weight is 173 g/mol. The van der Waals surface area contributed by atoms with Gasteiger partial charge in [0.25, 0.3) is 0 Å². The highest BCUT2D eigenvalue weighted by molar-refractivity contribution is 5.69. The summed E-state index contributed by atoms with van der Waals surface area (Å²) in [5.41, 5.74) is 0. The smallest absolute Gasteiger partial charge is 0.317 e. The van der Waals surface area contributed by atoms with Gasteiger partial charge in [0.1, 0.15) is 0 Å². The summed E-state index contributed by atoms with van der Waals surface area (Å²) in [5, 5.41) is 8.53. The molecule has 0 aromatic heterocycles. The Bertz CT molecular complexity index is 154. The summed E-state index contributed by atoms with van der Waals surface area (Å²) in [4.78, 5) is 12.2. The molecule has 0 radical (unpaired) electrons. The average Bonchev–Trinajstić information content (AvgIpc) is 2.05. The van der Waals surface area contributed by atoms with Crippen LogP contribution in [0.1, 0.15) is 12.8 Å². The van der Waals surface area contributed by atoms with E-state index in [0.29, 0.717) is 6.61 Å². The van der Waals surface area contributed by atoms with Crippen LogP contribution in [0.25, 0.3) is 0 Å². The number of carboxylic acid groups (broad SMARTS) is 1. The van der Waals surface area contributed by atoms with Crippen molar-refractivity contribution in [1.82, 2.24) is 4.90 Å². The summed E-state index contributed by atoms with van der Waals surface area (Å²) in [6, 6.07) is 0.287. The van der Waals surface area contributed by atoms with E-state index < -0.39 is 5.97 Å². The predicted molar refractivity (Wildman–Crippen MR) is 44.1 cm³/mol. The molecular weight excluding hydrogens is 158 g/mol. The second-order valence-electron chi connectivity index (χ2n) is 3.18. The molecule has 1 atom stereocenters. The summed E-state index contributed by atoms with van der Waals surface area (Å²) in [7, 11) is 1.83. The summed E-state index contributed by atoms with van der Waals surface area (Å²) in [5.74, 6) is -0.775. The number of carboxylic acids is 1. The first-order valence-corrected chi connectivity index (χ1v) is 4.20. The number of likely N-dealkylation sites (N-methyl/N-ethyl adjacent to an activating group) is 1. The third kappa shape index (κ3) is 2.79. The van der Waals surface area contributed by atoms with Gasteiger partial charge in [-0.3, -0.25) is 9.69 Å². The molecule has 0 amide bonds. The SMILES string of the molecule is CN(CC(=O)O)C1CCCOC1. The van der Waals surface area contributed by atoms with Gasteiger partial charge in [0.15, 0.2) is 0 Å². The fourth-order valence-electron chi connectivity index (χ4n) is 1.41. The predicted octanol–water partition coefficient (Wildman–Crippen LogP) is 0.182. The lowest BCUT2D eigenvalue weighted by atomic mass is 10.1. The summed E-state index contributed by atoms with van der Waals surface area (Å²) >= 11 is 0. The Balaban J connectivity index is 2.29. The third-order valence-corrected chi connectivity index (χ3v) is 2.14. The van der Waals surface area contributed by atoms with Crippen molar-refractivity contribution in [3.05, 3.63) is 0 Å². The summed E-state index contributed by atoms with van der Waals surface area (Å²) in [6.07, 6.45) is 2.08. The molecule has 1 aliphatic rings. The monoisotopic (exact) mass is 173 g/mol. The number of nitrogens with zero attached hydrogens (tertiary/aromatic N) is 1. The number of aliphatic carboxylic acids is 1. The van der Waals surface area contributed by atoms with Crippen molar-refractivity contribution >= 4 is 5.97 Å². The normalized spacial score (nSPS) is 24.3. The van der Waals surface area contributed by atoms with Crippen LogP contribution >= 0.6 is 0 Å². The van der Waals surface area contributed by atoms with Gasteiger partial charge in [0.05, 0.1) is 13.2 Å². The van der Waals surface area contributed by atoms with Crippen molar-refractivity contribution in [2.45, 2.75) is 18.9 Å². The fraction of sp³-hybridized carbons (Fsp3) is 0.875. The van der Waals surface area contributed by atoms with Crippen LogP contribution in [0.3, 0.4) is 0 Å². The van der Waals surface area contributed by atoms with Gasteiger partial charge in [-0.05, 0) is 19.9 Å². The second-order valence-corrected chi connectivity index (χ2v) is 3.18. The maximum atomic E-state index is 10.4. The minimum Gasteiger partial charge on any atom is -0.480 e. The number of hydrogen-bond acceptors (Lipinski definition) is 3. The molecule has 1 heterocycles. The maximum absolute atomic E-state index is 10.4. The van der Waals surface area contributed by atoms with Gasteiger partial charge in [-0.15, -0.1) is 0 Å². The first-order chi connectivity index (χ1) is 5.70. The standard InChI is InChI=1S/C8H15NO3/c1-9(5-8(10)11)7-3-2-4-12-6-7/h7H,2-6H2,1H3,(H,10,11). The number of hydrogen-bond donors (Lipinski definition) is 1. The topological polar surface area (TPSA) is 49.8 Å². The van der Waals surface area contributed by atoms with Crippen LogP contribution in [0.2, 0.25) is 0 Å². The molecule has 1 saturated heterocycles. The highest BCUT2D eigenvalue weighted by atomic mass is 16.5. The summed E-state index contributed by atoms with van der Waals surface area (Å²) in [6.45, 7) is 1.59. The van der Waals surface area contributed by atoms with Gasteiger partial charge in [0.2, 0.25) is 0 Å². The quantitative estimate of drug-likeness (QED) is 0.661. The van der Waals surface area contributed by atoms with E-state index in [4.69, 9.17) is 9.84 Å². The van der Waals surface area contributed by atoms with Gasteiger partial charge in [0, 0.05) is 12.6 Å². The molecule has 1 fully saturated rings. The molecule has 0 bridgehead atoms. The fourth-order valence-corrected chi connectivity index (χ4v) is 1.41. The Hall–Kier alpha value is -0.610. The van der Waals surface area contributed by atoms with Gasteiger partial charge in [-0.1, -0.05) is 0 Å². The molecule has 70 valence electrons. The van der Waals surface area contributed by atoms with Crippen LogP contribution in [0, 0.1) is 0 Å². The molecule has 0 aliphatic carbocycles. The minimum absolute atomic E-state index is 0.105. The second kappa shape index (κ2) is 4.42. The lowest BCUT2D eigenvalue weighted by molar-refractivity contribution is -0.139. The van der Waals surface area contributed by atoms with Gasteiger partial charge in [-0.25, -0.2) is 0 Å². The van der Waals surface area contributed by atoms with Crippen molar-refractivity contribution < 1.29 is 14.6 Å². The van der Waals surface area contributed by atoms with Crippen LogP contribution in [0.4, 0.5) is 0 Å². The van der Waals surface area contributed by atoms with E-state index in [1.165, 1.54) is 0 Å². The van der Waals surface area contributed by atoms with Crippen molar-refractivity contribution in [1.29, 1.82) is 0 Å². The van der Waals surface area contributed by atoms with Crippen LogP contribution in [-0.2, 0) is 9.53 Å². The first kappa shape index (κ1) is 9.48. The molecule has 0 aromatic rings. The zero-order valence-corrected chi connectivity index (χ0v) is 7.32. The largest absolute Gasteiger partial charge is 0.480 e. The van der Waals surface area contributed by atoms with Crippen molar-refractivity contribution in [2.24, 2.45) is 0 Å². The number of rotatable bonds is 3. The Morgan fingerprint density at radius 1 is 1.75 bits per heavy atom. The van der Waals surface area contributed by atoms with E-state index in [1.807, 2.05) is 11.9 Å². The van der Waals surface area contributed by atoms with E-state index in [-0.39, 0.29) is 12.6 Å². The Kier molecular flexibility index (Phi) is 3.49. The molecule has 1 unspecified atom stereocenters. The first-order valence-electron chi connectivity index (χ1n) is 4.20. The van der Waals surface area contributed by atoms with Crippen LogP contribution in [0.5, 0.6) is 0 Å². The number of ether oxygens (including phenoxy) is 1. The van der Waals surface area contributed by atoms with Crippen LogP contribution < -0.4 is 0 Å². The lowest BCUT2D eigenvalue weighted by Gasteiger charge is -2.29. The molecule has 4 heteroatoms. The molecular formula is C8H15NO3. The van der Waals surface area contributed by atoms with Crippen molar-refractivity contribution in [3.8, 4) is 0 Å². The highest BCUT2D eigenvalue weighted by Gasteiger charge is 2.19. The molecule has 12 heavy (non-hydrogen) atoms. The maximum Gasteiger partial charge on any atom is 0.317 e. The van der Waals surface area contributed by atoms with Gasteiger partial charge < -0.3 is 9.84 Å². The summed E-state index contributed by atoms with van der Waals surface area (Å²) < 4.78 is 5.25. The van der Waals surface area contributed by atoms with E-state index in [1.54, 1.807) is 0 Å². The van der Waals surface area contributed by atoms with E-state index in [0.717, 1.165) is 19.4 Å². The molecule has 1 N–H and O–H groups in total. The molecule has 1 rings (SSSR count). The Morgan fingerprint density at radius 2 is 2.50 bits per heavy atom. The zero-order chi connectivity index (χ0) is 8.97. The minimum atomic E-state index is -0.775. The van der Waals surface area contributed by atoms with Crippen molar-refractivity contribution in [3.63, 3.8) is 0 Å². The zero-order valence-electron chi connectivity index (χ0n) is 7.32. The molecule has 0 saturated carbocycles. The number of carbonyl (C=O) groups is 1. The van der Waals surface area contributed by atoms with Gasteiger partial charge >= 0.3 is 5.97 Å². The highest BCUT2D eigenvalue weighted by Crippen LogP contribution is 2.10. The lowest BCUT2D eigenvalue weighted by Crippen LogP contribution is -2.41. The van der Waals surface area contributed by atoms with Crippen LogP contribution in [-0.4, -0.2) is 48.8 Å². The Morgan fingerprint density at radius 3 is 3.00 bits per heavy atom. The molecule has 1 aliphatic heterocycles. The van der Waals surface area contributed by atoms with E-state index in [9.17, 15) is 4.79 Å². The third-order valence-electron chi connectivity index (χ3n) is 2.14. The van der Waals surface area contributed by atoms with E-state index >= 15 is 0 Å². The van der Waals surface area contributed by atoms with Gasteiger partial charge in [-0.2, -0.15) is 0 Å². The van der Waals surface area contributed by atoms with Crippen molar-refractivity contribution in [2.75, 3.05) is 26.8 Å². The molecule has 0 spiro atoms. The molecule has 4 nitrogen and oxygen atoms in total. The van der Waals surface area contributed by atoms with E-state index in [2.05, 4.69) is 0 Å². The van der Waals surface area contributed by atoms with Crippen LogP contribution in [0.15, 0.2) is 0 Å².